The molecule has 1 aromatic carbocycles. The number of nitro benzene ring substituents is 1. The molecule has 1 aliphatic rings. The van der Waals surface area contributed by atoms with Crippen LogP contribution >= 0.6 is 23.4 Å². The van der Waals surface area contributed by atoms with Gasteiger partial charge in [0, 0.05) is 18.4 Å². The predicted octanol–water partition coefficient (Wildman–Crippen LogP) is 2.42. The summed E-state index contributed by atoms with van der Waals surface area (Å²) in [6.07, 6.45) is 0. The zero-order valence-corrected chi connectivity index (χ0v) is 13.0. The molecule has 1 heterocycles. The van der Waals surface area contributed by atoms with E-state index in [0.717, 1.165) is 11.3 Å². The van der Waals surface area contributed by atoms with E-state index in [2.05, 4.69) is 0 Å². The van der Waals surface area contributed by atoms with E-state index in [0.29, 0.717) is 6.54 Å². The van der Waals surface area contributed by atoms with Crippen molar-refractivity contribution in [1.82, 2.24) is 4.90 Å². The second-order valence-electron chi connectivity index (χ2n) is 4.59. The lowest BCUT2D eigenvalue weighted by Gasteiger charge is -2.22. The van der Waals surface area contributed by atoms with Gasteiger partial charge in [0.05, 0.1) is 4.92 Å². The second kappa shape index (κ2) is 7.00. The van der Waals surface area contributed by atoms with Crippen molar-refractivity contribution in [2.24, 2.45) is 0 Å². The first-order valence-corrected chi connectivity index (χ1v) is 7.96. The zero-order chi connectivity index (χ0) is 15.4. The summed E-state index contributed by atoms with van der Waals surface area (Å²) in [5.74, 6) is 0.819. The van der Waals surface area contributed by atoms with Crippen LogP contribution in [0.25, 0.3) is 0 Å². The van der Waals surface area contributed by atoms with Crippen LogP contribution in [0.5, 0.6) is 5.75 Å². The SMILES string of the molecule is Cc1ccc(OC[C@@H]2SCCN2C(=O)CCl)c([N+](=O)[O-])c1. The van der Waals surface area contributed by atoms with E-state index < -0.39 is 4.92 Å². The number of hydrogen-bond donors (Lipinski definition) is 0. The van der Waals surface area contributed by atoms with Crippen LogP contribution in [-0.2, 0) is 4.79 Å². The van der Waals surface area contributed by atoms with Gasteiger partial charge in [-0.25, -0.2) is 0 Å². The van der Waals surface area contributed by atoms with Crippen LogP contribution in [0.15, 0.2) is 18.2 Å². The van der Waals surface area contributed by atoms with Crippen LogP contribution in [0.4, 0.5) is 5.69 Å². The Morgan fingerprint density at radius 3 is 3.05 bits per heavy atom. The first-order valence-electron chi connectivity index (χ1n) is 6.38. The maximum atomic E-state index is 11.7. The minimum Gasteiger partial charge on any atom is -0.484 e. The van der Waals surface area contributed by atoms with E-state index in [-0.39, 0.29) is 35.2 Å². The maximum absolute atomic E-state index is 11.7. The van der Waals surface area contributed by atoms with Crippen molar-refractivity contribution in [3.63, 3.8) is 0 Å². The topological polar surface area (TPSA) is 72.7 Å². The highest BCUT2D eigenvalue weighted by Gasteiger charge is 2.30. The van der Waals surface area contributed by atoms with E-state index in [1.807, 2.05) is 0 Å². The van der Waals surface area contributed by atoms with Gasteiger partial charge in [-0.3, -0.25) is 14.9 Å². The summed E-state index contributed by atoms with van der Waals surface area (Å²) < 4.78 is 5.56. The molecule has 0 radical (unpaired) electrons. The van der Waals surface area contributed by atoms with Crippen LogP contribution in [0.1, 0.15) is 5.56 Å². The zero-order valence-electron chi connectivity index (χ0n) is 11.5. The Morgan fingerprint density at radius 2 is 2.38 bits per heavy atom. The van der Waals surface area contributed by atoms with Crippen molar-refractivity contribution in [3.8, 4) is 5.75 Å². The number of nitrogens with zero attached hydrogens (tertiary/aromatic N) is 2. The summed E-state index contributed by atoms with van der Waals surface area (Å²) in [7, 11) is 0. The number of rotatable bonds is 5. The number of carbonyl (C=O) groups excluding carboxylic acids is 1. The Hall–Kier alpha value is -1.47. The van der Waals surface area contributed by atoms with Crippen molar-refractivity contribution >= 4 is 35.0 Å². The number of carbonyl (C=O) groups is 1. The Bertz CT molecular complexity index is 555. The molecular formula is C13H15ClN2O4S. The van der Waals surface area contributed by atoms with Gasteiger partial charge >= 0.3 is 5.69 Å². The molecule has 21 heavy (non-hydrogen) atoms. The molecule has 1 atom stereocenters. The van der Waals surface area contributed by atoms with Gasteiger partial charge in [0.15, 0.2) is 5.75 Å². The molecule has 0 aromatic heterocycles. The third-order valence-corrected chi connectivity index (χ3v) is 4.54. The van der Waals surface area contributed by atoms with Gasteiger partial charge in [-0.05, 0) is 18.6 Å². The molecule has 0 spiro atoms. The minimum atomic E-state index is -0.466. The molecular weight excluding hydrogens is 316 g/mol. The highest BCUT2D eigenvalue weighted by molar-refractivity contribution is 8.00. The molecule has 0 N–H and O–H groups in total. The molecule has 6 nitrogen and oxygen atoms in total. The van der Waals surface area contributed by atoms with Crippen molar-refractivity contribution < 1.29 is 14.5 Å². The minimum absolute atomic E-state index is 0.0618. The van der Waals surface area contributed by atoms with Gasteiger partial charge < -0.3 is 9.64 Å². The van der Waals surface area contributed by atoms with E-state index in [1.165, 1.54) is 6.07 Å². The average Bonchev–Trinajstić information content (AvgIpc) is 2.93. The summed E-state index contributed by atoms with van der Waals surface area (Å²) in [5, 5.41) is 10.9. The molecule has 8 heteroatoms. The molecule has 2 rings (SSSR count). The lowest BCUT2D eigenvalue weighted by Crippen LogP contribution is -2.38. The van der Waals surface area contributed by atoms with E-state index in [4.69, 9.17) is 16.3 Å². The molecule has 1 aromatic rings. The molecule has 1 fully saturated rings. The van der Waals surface area contributed by atoms with Crippen molar-refractivity contribution in [2.45, 2.75) is 12.3 Å². The quantitative estimate of drug-likeness (QED) is 0.471. The van der Waals surface area contributed by atoms with Gasteiger partial charge in [-0.2, -0.15) is 0 Å². The number of thioether (sulfide) groups is 1. The van der Waals surface area contributed by atoms with Gasteiger partial charge in [0.1, 0.15) is 17.9 Å². The summed E-state index contributed by atoms with van der Waals surface area (Å²) in [6.45, 7) is 2.61. The average molecular weight is 331 g/mol. The highest BCUT2D eigenvalue weighted by atomic mass is 35.5. The second-order valence-corrected chi connectivity index (χ2v) is 6.14. The number of alkyl halides is 1. The fourth-order valence-corrected chi connectivity index (χ4v) is 3.37. The van der Waals surface area contributed by atoms with E-state index >= 15 is 0 Å². The molecule has 0 unspecified atom stereocenters. The van der Waals surface area contributed by atoms with E-state index in [1.54, 1.807) is 35.7 Å². The third kappa shape index (κ3) is 3.79. The number of ether oxygens (including phenoxy) is 1. The van der Waals surface area contributed by atoms with Crippen LogP contribution in [-0.4, -0.2) is 45.9 Å². The van der Waals surface area contributed by atoms with Gasteiger partial charge in [-0.15, -0.1) is 23.4 Å². The Balaban J connectivity index is 2.06. The summed E-state index contributed by atoms with van der Waals surface area (Å²) >= 11 is 7.15. The monoisotopic (exact) mass is 330 g/mol. The molecule has 1 saturated heterocycles. The summed E-state index contributed by atoms with van der Waals surface area (Å²) in [5.41, 5.74) is 0.733. The Morgan fingerprint density at radius 1 is 1.62 bits per heavy atom. The van der Waals surface area contributed by atoms with E-state index in [9.17, 15) is 14.9 Å². The fourth-order valence-electron chi connectivity index (χ4n) is 2.07. The predicted molar refractivity (Wildman–Crippen MR) is 82.0 cm³/mol. The van der Waals surface area contributed by atoms with Crippen LogP contribution in [0.3, 0.4) is 0 Å². The standard InChI is InChI=1S/C13H15ClN2O4S/c1-9-2-3-11(10(6-9)16(18)19)20-8-13-15(4-5-21-13)12(17)7-14/h2-3,6,13H,4-5,7-8H2,1H3/t13-/m0/s1. The number of amides is 1. The lowest BCUT2D eigenvalue weighted by molar-refractivity contribution is -0.385. The maximum Gasteiger partial charge on any atom is 0.311 e. The first-order chi connectivity index (χ1) is 10.0. The molecule has 0 bridgehead atoms. The number of halogens is 1. The van der Waals surface area contributed by atoms with Gasteiger partial charge in [-0.1, -0.05) is 6.07 Å². The molecule has 0 aliphatic carbocycles. The summed E-state index contributed by atoms with van der Waals surface area (Å²) in [6, 6.07) is 4.81. The number of aryl methyl sites for hydroxylation is 1. The molecule has 0 saturated carbocycles. The normalized spacial score (nSPS) is 17.8. The van der Waals surface area contributed by atoms with Gasteiger partial charge in [0.2, 0.25) is 5.91 Å². The Kier molecular flexibility index (Phi) is 5.30. The number of benzene rings is 1. The van der Waals surface area contributed by atoms with Crippen LogP contribution < -0.4 is 4.74 Å². The van der Waals surface area contributed by atoms with Crippen molar-refractivity contribution in [3.05, 3.63) is 33.9 Å². The fraction of sp³-hybridized carbons (Fsp3) is 0.462. The first kappa shape index (κ1) is 15.9. The largest absolute Gasteiger partial charge is 0.484 e. The van der Waals surface area contributed by atoms with Crippen molar-refractivity contribution in [1.29, 1.82) is 0 Å². The highest BCUT2D eigenvalue weighted by Crippen LogP contribution is 2.30. The van der Waals surface area contributed by atoms with Crippen LogP contribution in [0.2, 0.25) is 0 Å². The van der Waals surface area contributed by atoms with Crippen molar-refractivity contribution in [2.75, 3.05) is 24.8 Å². The summed E-state index contributed by atoms with van der Waals surface area (Å²) in [4.78, 5) is 23.9. The Labute approximate surface area is 131 Å². The number of hydrogen-bond acceptors (Lipinski definition) is 5. The van der Waals surface area contributed by atoms with Crippen LogP contribution in [0, 0.1) is 17.0 Å². The lowest BCUT2D eigenvalue weighted by atomic mass is 10.2. The molecule has 1 aliphatic heterocycles. The molecule has 1 amide bonds. The smallest absolute Gasteiger partial charge is 0.311 e. The third-order valence-electron chi connectivity index (χ3n) is 3.12. The van der Waals surface area contributed by atoms with Gasteiger partial charge in [0.25, 0.3) is 0 Å². The number of nitro groups is 1. The molecule has 114 valence electrons.